The van der Waals surface area contributed by atoms with Crippen LogP contribution in [0.3, 0.4) is 0 Å². The number of benzene rings is 5. The fraction of sp³-hybridized carbons (Fsp3) is 0. The molecule has 166 valence electrons. The maximum atomic E-state index is 10.2. The van der Waals surface area contributed by atoms with E-state index in [0.717, 1.165) is 49.7 Å². The lowest BCUT2D eigenvalue weighted by molar-refractivity contribution is 0.426. The zero-order valence-corrected chi connectivity index (χ0v) is 18.8. The van der Waals surface area contributed by atoms with Crippen molar-refractivity contribution in [3.05, 3.63) is 109 Å². The second kappa shape index (κ2) is 7.60. The summed E-state index contributed by atoms with van der Waals surface area (Å²) in [5, 5.41) is 24.9. The normalized spacial score (nSPS) is 11.7. The van der Waals surface area contributed by atoms with Gasteiger partial charge in [-0.3, -0.25) is 0 Å². The highest BCUT2D eigenvalue weighted by molar-refractivity contribution is 6.60. The van der Waals surface area contributed by atoms with Gasteiger partial charge in [-0.1, -0.05) is 78.9 Å². The number of para-hydroxylation sites is 3. The van der Waals surface area contributed by atoms with E-state index in [1.807, 2.05) is 30.3 Å². The summed E-state index contributed by atoms with van der Waals surface area (Å²) in [4.78, 5) is 3.59. The van der Waals surface area contributed by atoms with Gasteiger partial charge in [0.2, 0.25) is 0 Å². The van der Waals surface area contributed by atoms with Gasteiger partial charge in [0.1, 0.15) is 0 Å². The van der Waals surface area contributed by atoms with Crippen molar-refractivity contribution in [3.8, 4) is 16.8 Å². The third kappa shape index (κ3) is 2.96. The monoisotopic (exact) mass is 452 g/mol. The molecule has 5 heteroatoms. The highest BCUT2D eigenvalue weighted by Gasteiger charge is 2.21. The minimum atomic E-state index is -1.57. The Morgan fingerprint density at radius 1 is 0.571 bits per heavy atom. The molecule has 4 nitrogen and oxygen atoms in total. The van der Waals surface area contributed by atoms with Crippen molar-refractivity contribution in [1.29, 1.82) is 0 Å². The summed E-state index contributed by atoms with van der Waals surface area (Å²) < 4.78 is 2.30. The molecule has 35 heavy (non-hydrogen) atoms. The Labute approximate surface area is 201 Å². The first-order chi connectivity index (χ1) is 17.2. The first-order valence-electron chi connectivity index (χ1n) is 11.7. The molecule has 0 saturated carbocycles. The van der Waals surface area contributed by atoms with E-state index < -0.39 is 7.12 Å². The van der Waals surface area contributed by atoms with Gasteiger partial charge in [-0.15, -0.1) is 0 Å². The number of hydrogen-bond acceptors (Lipinski definition) is 2. The Bertz CT molecular complexity index is 1840. The quantitative estimate of drug-likeness (QED) is 0.299. The van der Waals surface area contributed by atoms with Crippen LogP contribution >= 0.6 is 0 Å². The average molecular weight is 452 g/mol. The summed E-state index contributed by atoms with van der Waals surface area (Å²) in [5.41, 5.74) is 7.52. The topological polar surface area (TPSA) is 61.2 Å². The predicted molar refractivity (Wildman–Crippen MR) is 145 cm³/mol. The molecule has 3 N–H and O–H groups in total. The molecule has 0 atom stereocenters. The number of H-pyrrole nitrogens is 1. The number of nitrogens with one attached hydrogen (secondary N) is 1. The molecular formula is C30H21BN2O2. The van der Waals surface area contributed by atoms with Gasteiger partial charge in [-0.05, 0) is 41.4 Å². The lowest BCUT2D eigenvalue weighted by Crippen LogP contribution is -2.31. The van der Waals surface area contributed by atoms with E-state index in [1.54, 1.807) is 6.07 Å². The lowest BCUT2D eigenvalue weighted by atomic mass is 9.75. The molecule has 7 rings (SSSR count). The Hall–Kier alpha value is -4.32. The molecule has 0 fully saturated rings. The minimum Gasteiger partial charge on any atom is -0.423 e. The number of rotatable bonds is 3. The maximum Gasteiger partial charge on any atom is 0.489 e. The van der Waals surface area contributed by atoms with Crippen molar-refractivity contribution in [2.24, 2.45) is 0 Å². The van der Waals surface area contributed by atoms with Crippen LogP contribution in [0.4, 0.5) is 0 Å². The number of aromatic amines is 1. The summed E-state index contributed by atoms with van der Waals surface area (Å²) in [6.07, 6.45) is 0. The van der Waals surface area contributed by atoms with Crippen molar-refractivity contribution in [2.45, 2.75) is 0 Å². The van der Waals surface area contributed by atoms with Crippen molar-refractivity contribution in [1.82, 2.24) is 9.55 Å². The molecule has 5 aromatic carbocycles. The SMILES string of the molecule is OB(O)c1ccccc1-c1cc(-n2c3ccccc3c3ccccc32)cc2c1[nH]c1ccccc12. The molecule has 2 aromatic heterocycles. The molecular weight excluding hydrogens is 431 g/mol. The van der Waals surface area contributed by atoms with E-state index in [2.05, 4.69) is 82.3 Å². The Morgan fingerprint density at radius 2 is 1.17 bits per heavy atom. The van der Waals surface area contributed by atoms with Crippen LogP contribution in [0.2, 0.25) is 0 Å². The Morgan fingerprint density at radius 3 is 1.89 bits per heavy atom. The maximum absolute atomic E-state index is 10.2. The molecule has 0 bridgehead atoms. The van der Waals surface area contributed by atoms with E-state index in [-0.39, 0.29) is 0 Å². The van der Waals surface area contributed by atoms with Gasteiger partial charge in [-0.25, -0.2) is 0 Å². The molecule has 0 aliphatic carbocycles. The van der Waals surface area contributed by atoms with Crippen LogP contribution in [0.15, 0.2) is 109 Å². The molecule has 0 spiro atoms. The minimum absolute atomic E-state index is 0.479. The van der Waals surface area contributed by atoms with Gasteiger partial charge >= 0.3 is 7.12 Å². The van der Waals surface area contributed by atoms with Crippen LogP contribution in [-0.4, -0.2) is 26.7 Å². The van der Waals surface area contributed by atoms with Crippen LogP contribution in [0, 0.1) is 0 Å². The second-order valence-electron chi connectivity index (χ2n) is 8.92. The van der Waals surface area contributed by atoms with Crippen LogP contribution in [-0.2, 0) is 0 Å². The summed E-state index contributed by atoms with van der Waals surface area (Å²) in [5.74, 6) is 0. The smallest absolute Gasteiger partial charge is 0.423 e. The third-order valence-corrected chi connectivity index (χ3v) is 6.97. The number of fused-ring (bicyclic) bond motifs is 6. The number of hydrogen-bond donors (Lipinski definition) is 3. The van der Waals surface area contributed by atoms with Gasteiger partial charge in [0, 0.05) is 38.3 Å². The predicted octanol–water partition coefficient (Wildman–Crippen LogP) is 5.77. The first-order valence-corrected chi connectivity index (χ1v) is 11.7. The van der Waals surface area contributed by atoms with Gasteiger partial charge < -0.3 is 19.6 Å². The number of aromatic nitrogens is 2. The first kappa shape index (κ1) is 20.1. The van der Waals surface area contributed by atoms with Crippen molar-refractivity contribution in [2.75, 3.05) is 0 Å². The van der Waals surface area contributed by atoms with Crippen molar-refractivity contribution in [3.63, 3.8) is 0 Å². The lowest BCUT2D eigenvalue weighted by Gasteiger charge is -2.14. The zero-order chi connectivity index (χ0) is 23.5. The van der Waals surface area contributed by atoms with Gasteiger partial charge in [-0.2, -0.15) is 0 Å². The molecule has 0 aliphatic rings. The van der Waals surface area contributed by atoms with E-state index >= 15 is 0 Å². The van der Waals surface area contributed by atoms with Gasteiger partial charge in [0.05, 0.1) is 16.6 Å². The Kier molecular flexibility index (Phi) is 4.36. The summed E-state index contributed by atoms with van der Waals surface area (Å²) in [6.45, 7) is 0. The summed E-state index contributed by atoms with van der Waals surface area (Å²) in [6, 6.07) is 37.1. The van der Waals surface area contributed by atoms with E-state index in [0.29, 0.717) is 5.46 Å². The molecule has 0 radical (unpaired) electrons. The largest absolute Gasteiger partial charge is 0.489 e. The van der Waals surface area contributed by atoms with Gasteiger partial charge in [0.15, 0.2) is 0 Å². The fourth-order valence-corrected chi connectivity index (χ4v) is 5.45. The number of nitrogens with zero attached hydrogens (tertiary/aromatic N) is 1. The molecule has 0 saturated heterocycles. The van der Waals surface area contributed by atoms with Crippen LogP contribution in [0.5, 0.6) is 0 Å². The second-order valence-corrected chi connectivity index (χ2v) is 8.92. The summed E-state index contributed by atoms with van der Waals surface area (Å²) >= 11 is 0. The molecule has 2 heterocycles. The van der Waals surface area contributed by atoms with Crippen LogP contribution in [0.1, 0.15) is 0 Å². The highest BCUT2D eigenvalue weighted by Crippen LogP contribution is 2.38. The molecule has 0 aliphatic heterocycles. The average Bonchev–Trinajstić information content (AvgIpc) is 3.44. The van der Waals surface area contributed by atoms with E-state index in [4.69, 9.17) is 0 Å². The fourth-order valence-electron chi connectivity index (χ4n) is 5.45. The zero-order valence-electron chi connectivity index (χ0n) is 18.8. The molecule has 7 aromatic rings. The van der Waals surface area contributed by atoms with Gasteiger partial charge in [0.25, 0.3) is 0 Å². The summed E-state index contributed by atoms with van der Waals surface area (Å²) in [7, 11) is -1.57. The van der Waals surface area contributed by atoms with E-state index in [9.17, 15) is 10.0 Å². The highest BCUT2D eigenvalue weighted by atomic mass is 16.4. The third-order valence-electron chi connectivity index (χ3n) is 6.97. The van der Waals surface area contributed by atoms with Crippen molar-refractivity contribution < 1.29 is 10.0 Å². The van der Waals surface area contributed by atoms with Crippen LogP contribution < -0.4 is 5.46 Å². The molecule has 0 amide bonds. The molecule has 0 unspecified atom stereocenters. The standard InChI is InChI=1S/C30H21BN2O2/c34-31(35)26-13-5-1-9-20(26)24-17-19(18-25-21-10-2-6-14-27(21)32-30(24)25)33-28-15-7-3-11-22(28)23-12-4-8-16-29(23)33/h1-18,32,34-35H. The van der Waals surface area contributed by atoms with E-state index in [1.165, 1.54) is 10.8 Å². The Balaban J connectivity index is 1.66. The van der Waals surface area contributed by atoms with Crippen LogP contribution in [0.25, 0.3) is 60.4 Å². The van der Waals surface area contributed by atoms with Crippen molar-refractivity contribution >= 4 is 56.2 Å².